The second-order valence-corrected chi connectivity index (χ2v) is 4.83. The highest BCUT2D eigenvalue weighted by Gasteiger charge is 2.21. The lowest BCUT2D eigenvalue weighted by molar-refractivity contribution is 0.174. The van der Waals surface area contributed by atoms with Crippen molar-refractivity contribution in [1.82, 2.24) is 10.2 Å². The summed E-state index contributed by atoms with van der Waals surface area (Å²) in [4.78, 5) is 3.63. The van der Waals surface area contributed by atoms with Gasteiger partial charge in [-0.25, -0.2) is 0 Å². The molecular weight excluding hydrogens is 204 g/mol. The lowest BCUT2D eigenvalue weighted by atomic mass is 10.1. The van der Waals surface area contributed by atoms with E-state index < -0.39 is 0 Å². The van der Waals surface area contributed by atoms with Crippen LogP contribution in [-0.2, 0) is 6.54 Å². The molecule has 0 saturated carbocycles. The maximum absolute atomic E-state index is 6.02. The smallest absolute Gasteiger partial charge is 0.0558 e. The van der Waals surface area contributed by atoms with Gasteiger partial charge in [0.15, 0.2) is 0 Å². The van der Waals surface area contributed by atoms with Crippen molar-refractivity contribution in [2.75, 3.05) is 20.1 Å². The van der Waals surface area contributed by atoms with Gasteiger partial charge in [-0.05, 0) is 18.5 Å². The number of thiophene rings is 1. The Morgan fingerprint density at radius 3 is 2.92 bits per heavy atom. The van der Waals surface area contributed by atoms with E-state index in [1.165, 1.54) is 4.88 Å². The second-order valence-electron chi connectivity index (χ2n) is 3.42. The van der Waals surface area contributed by atoms with E-state index in [9.17, 15) is 0 Å². The molecule has 0 atom stereocenters. The van der Waals surface area contributed by atoms with Crippen LogP contribution in [0, 0.1) is 0 Å². The summed E-state index contributed by atoms with van der Waals surface area (Å²) < 4.78 is 0. The van der Waals surface area contributed by atoms with Crippen LogP contribution in [0.25, 0.3) is 0 Å². The number of hydrogen-bond donors (Lipinski definition) is 1. The van der Waals surface area contributed by atoms with Gasteiger partial charge >= 0.3 is 0 Å². The molecule has 1 saturated heterocycles. The molecule has 13 heavy (non-hydrogen) atoms. The predicted octanol–water partition coefficient (Wildman–Crippen LogP) is 1.81. The number of likely N-dealkylation sites (N-methyl/N-ethyl adjacent to an activating group) is 1. The van der Waals surface area contributed by atoms with E-state index in [0.29, 0.717) is 6.04 Å². The summed E-state index contributed by atoms with van der Waals surface area (Å²) in [5.74, 6) is 0. The van der Waals surface area contributed by atoms with Gasteiger partial charge in [-0.15, -0.1) is 11.3 Å². The van der Waals surface area contributed by atoms with Crippen LogP contribution in [0.5, 0.6) is 0 Å². The zero-order chi connectivity index (χ0) is 9.26. The van der Waals surface area contributed by atoms with Crippen LogP contribution in [0.15, 0.2) is 11.4 Å². The van der Waals surface area contributed by atoms with Gasteiger partial charge in [0.25, 0.3) is 0 Å². The van der Waals surface area contributed by atoms with E-state index in [-0.39, 0.29) is 0 Å². The number of hydrogen-bond acceptors (Lipinski definition) is 3. The highest BCUT2D eigenvalue weighted by atomic mass is 35.5. The van der Waals surface area contributed by atoms with E-state index in [1.807, 2.05) is 11.4 Å². The van der Waals surface area contributed by atoms with Crippen LogP contribution in [0.1, 0.15) is 4.88 Å². The molecular formula is C9H13ClN2S. The topological polar surface area (TPSA) is 15.3 Å². The first kappa shape index (κ1) is 9.46. The molecule has 0 radical (unpaired) electrons. The minimum absolute atomic E-state index is 0.693. The molecule has 0 bridgehead atoms. The second kappa shape index (κ2) is 3.96. The molecule has 2 rings (SSSR count). The van der Waals surface area contributed by atoms with Gasteiger partial charge in [0, 0.05) is 30.6 Å². The molecule has 1 aromatic heterocycles. The maximum Gasteiger partial charge on any atom is 0.0558 e. The summed E-state index contributed by atoms with van der Waals surface area (Å²) in [5.41, 5.74) is 0. The molecule has 1 fully saturated rings. The normalized spacial score (nSPS) is 17.8. The first-order chi connectivity index (χ1) is 6.27. The quantitative estimate of drug-likeness (QED) is 0.829. The predicted molar refractivity (Wildman–Crippen MR) is 57.5 cm³/mol. The number of nitrogens with zero attached hydrogens (tertiary/aromatic N) is 1. The van der Waals surface area contributed by atoms with E-state index in [0.717, 1.165) is 24.7 Å². The van der Waals surface area contributed by atoms with Crippen molar-refractivity contribution < 1.29 is 0 Å². The molecule has 0 aromatic carbocycles. The Bertz CT molecular complexity index is 283. The summed E-state index contributed by atoms with van der Waals surface area (Å²) in [6.07, 6.45) is 0. The fraction of sp³-hybridized carbons (Fsp3) is 0.556. The van der Waals surface area contributed by atoms with Crippen molar-refractivity contribution in [3.8, 4) is 0 Å². The minimum atomic E-state index is 0.693. The lowest BCUT2D eigenvalue weighted by Crippen LogP contribution is -2.55. The molecule has 0 amide bonds. The maximum atomic E-state index is 6.02. The third-order valence-electron chi connectivity index (χ3n) is 2.47. The highest BCUT2D eigenvalue weighted by molar-refractivity contribution is 7.10. The zero-order valence-electron chi connectivity index (χ0n) is 7.59. The van der Waals surface area contributed by atoms with Gasteiger partial charge < -0.3 is 5.32 Å². The summed E-state index contributed by atoms with van der Waals surface area (Å²) in [6.45, 7) is 3.20. The van der Waals surface area contributed by atoms with Crippen molar-refractivity contribution in [3.05, 3.63) is 21.3 Å². The Labute approximate surface area is 87.5 Å². The summed E-state index contributed by atoms with van der Waals surface area (Å²) in [5, 5.41) is 6.22. The van der Waals surface area contributed by atoms with Crippen LogP contribution in [0.4, 0.5) is 0 Å². The molecule has 0 aliphatic carbocycles. The third-order valence-corrected chi connectivity index (χ3v) is 3.84. The number of halogens is 1. The molecule has 1 N–H and O–H groups in total. The van der Waals surface area contributed by atoms with Gasteiger partial charge in [0.1, 0.15) is 0 Å². The Balaban J connectivity index is 1.93. The summed E-state index contributed by atoms with van der Waals surface area (Å²) >= 11 is 7.75. The van der Waals surface area contributed by atoms with Gasteiger partial charge in [0.2, 0.25) is 0 Å². The van der Waals surface area contributed by atoms with E-state index in [2.05, 4.69) is 17.3 Å². The van der Waals surface area contributed by atoms with Crippen molar-refractivity contribution >= 4 is 22.9 Å². The SMILES string of the molecule is CN(Cc1sccc1Cl)C1CNC1. The van der Waals surface area contributed by atoms with Crippen LogP contribution in [0.3, 0.4) is 0 Å². The van der Waals surface area contributed by atoms with Crippen molar-refractivity contribution in [2.24, 2.45) is 0 Å². The fourth-order valence-electron chi connectivity index (χ4n) is 1.38. The average Bonchev–Trinajstić information content (AvgIpc) is 2.32. The Hall–Kier alpha value is -0.0900. The van der Waals surface area contributed by atoms with E-state index in [1.54, 1.807) is 11.3 Å². The Morgan fingerprint density at radius 1 is 1.69 bits per heavy atom. The Morgan fingerprint density at radius 2 is 2.46 bits per heavy atom. The van der Waals surface area contributed by atoms with Gasteiger partial charge in [0.05, 0.1) is 5.02 Å². The molecule has 2 heterocycles. The van der Waals surface area contributed by atoms with Crippen molar-refractivity contribution in [1.29, 1.82) is 0 Å². The van der Waals surface area contributed by atoms with Gasteiger partial charge in [-0.2, -0.15) is 0 Å². The van der Waals surface area contributed by atoms with Crippen molar-refractivity contribution in [2.45, 2.75) is 12.6 Å². The van der Waals surface area contributed by atoms with E-state index in [4.69, 9.17) is 11.6 Å². The zero-order valence-corrected chi connectivity index (χ0v) is 9.16. The van der Waals surface area contributed by atoms with Crippen LogP contribution < -0.4 is 5.32 Å². The molecule has 4 heteroatoms. The first-order valence-electron chi connectivity index (χ1n) is 4.40. The van der Waals surface area contributed by atoms with Crippen LogP contribution >= 0.6 is 22.9 Å². The molecule has 1 aliphatic rings. The van der Waals surface area contributed by atoms with Gasteiger partial charge in [-0.1, -0.05) is 11.6 Å². The number of nitrogens with one attached hydrogen (secondary N) is 1. The summed E-state index contributed by atoms with van der Waals surface area (Å²) in [7, 11) is 2.15. The van der Waals surface area contributed by atoms with Gasteiger partial charge in [-0.3, -0.25) is 4.90 Å². The molecule has 1 aliphatic heterocycles. The number of rotatable bonds is 3. The summed E-state index contributed by atoms with van der Waals surface area (Å²) in [6, 6.07) is 2.66. The molecule has 0 spiro atoms. The highest BCUT2D eigenvalue weighted by Crippen LogP contribution is 2.24. The molecule has 72 valence electrons. The Kier molecular flexibility index (Phi) is 2.89. The van der Waals surface area contributed by atoms with E-state index >= 15 is 0 Å². The standard InChI is InChI=1S/C9H13ClN2S/c1-12(7-4-11-5-7)6-9-8(10)2-3-13-9/h2-3,7,11H,4-6H2,1H3. The van der Waals surface area contributed by atoms with Crippen LogP contribution in [0.2, 0.25) is 5.02 Å². The van der Waals surface area contributed by atoms with Crippen molar-refractivity contribution in [3.63, 3.8) is 0 Å². The largest absolute Gasteiger partial charge is 0.314 e. The lowest BCUT2D eigenvalue weighted by Gasteiger charge is -2.35. The molecule has 1 aromatic rings. The monoisotopic (exact) mass is 216 g/mol. The molecule has 2 nitrogen and oxygen atoms in total. The average molecular weight is 217 g/mol. The fourth-order valence-corrected chi connectivity index (χ4v) is 2.54. The molecule has 0 unspecified atom stereocenters. The first-order valence-corrected chi connectivity index (χ1v) is 5.66. The van der Waals surface area contributed by atoms with Crippen LogP contribution in [-0.4, -0.2) is 31.1 Å². The third kappa shape index (κ3) is 2.05. The minimum Gasteiger partial charge on any atom is -0.314 e.